The molecule has 0 amide bonds. The van der Waals surface area contributed by atoms with Crippen LogP contribution in [0.5, 0.6) is 5.75 Å². The zero-order valence-corrected chi connectivity index (χ0v) is 12.3. The third kappa shape index (κ3) is 2.42. The van der Waals surface area contributed by atoms with E-state index in [-0.39, 0.29) is 0 Å². The molecular formula is C13H16BrN3O. The molecule has 0 atom stereocenters. The first kappa shape index (κ1) is 13.1. The van der Waals surface area contributed by atoms with Gasteiger partial charge in [-0.1, -0.05) is 0 Å². The molecule has 0 unspecified atom stereocenters. The molecule has 0 fully saturated rings. The van der Waals surface area contributed by atoms with Gasteiger partial charge in [-0.2, -0.15) is 0 Å². The number of nitrogens with one attached hydrogen (secondary N) is 1. The van der Waals surface area contributed by atoms with Crippen molar-refractivity contribution in [3.63, 3.8) is 0 Å². The standard InChI is InChI=1S/C13H16BrN3O/c1-15-8-11-16-12(13(14)17(11)2)9-4-6-10(18-3)7-5-9/h4-7,15H,8H2,1-3H3. The summed E-state index contributed by atoms with van der Waals surface area (Å²) in [4.78, 5) is 4.64. The number of rotatable bonds is 4. The van der Waals surface area contributed by atoms with E-state index in [0.717, 1.165) is 34.0 Å². The van der Waals surface area contributed by atoms with Crippen molar-refractivity contribution in [3.8, 4) is 17.0 Å². The summed E-state index contributed by atoms with van der Waals surface area (Å²) in [6.45, 7) is 0.741. The first-order valence-corrected chi connectivity index (χ1v) is 6.46. The van der Waals surface area contributed by atoms with Gasteiger partial charge in [0.05, 0.1) is 13.7 Å². The predicted octanol–water partition coefficient (Wildman–Crippen LogP) is 2.58. The first-order valence-electron chi connectivity index (χ1n) is 5.67. The monoisotopic (exact) mass is 309 g/mol. The van der Waals surface area contributed by atoms with E-state index in [1.54, 1.807) is 7.11 Å². The van der Waals surface area contributed by atoms with Crippen LogP contribution in [0.2, 0.25) is 0 Å². The van der Waals surface area contributed by atoms with E-state index >= 15 is 0 Å². The first-order chi connectivity index (χ1) is 8.67. The number of benzene rings is 1. The molecule has 0 saturated heterocycles. The molecule has 1 heterocycles. The Morgan fingerprint density at radius 2 is 2.00 bits per heavy atom. The highest BCUT2D eigenvalue weighted by Crippen LogP contribution is 2.29. The molecule has 4 nitrogen and oxygen atoms in total. The fraction of sp³-hybridized carbons (Fsp3) is 0.308. The van der Waals surface area contributed by atoms with Crippen LogP contribution in [0.25, 0.3) is 11.3 Å². The molecule has 2 aromatic rings. The molecule has 0 radical (unpaired) electrons. The molecule has 0 bridgehead atoms. The molecule has 0 aliphatic carbocycles. The van der Waals surface area contributed by atoms with Gasteiger partial charge in [0.25, 0.3) is 0 Å². The van der Waals surface area contributed by atoms with Crippen LogP contribution >= 0.6 is 15.9 Å². The number of nitrogens with zero attached hydrogens (tertiary/aromatic N) is 2. The maximum atomic E-state index is 5.16. The number of methoxy groups -OCH3 is 1. The molecule has 0 spiro atoms. The van der Waals surface area contributed by atoms with Crippen molar-refractivity contribution in [1.82, 2.24) is 14.9 Å². The lowest BCUT2D eigenvalue weighted by atomic mass is 10.2. The summed E-state index contributed by atoms with van der Waals surface area (Å²) >= 11 is 3.58. The third-order valence-corrected chi connectivity index (χ3v) is 3.72. The molecule has 96 valence electrons. The maximum Gasteiger partial charge on any atom is 0.124 e. The van der Waals surface area contributed by atoms with Crippen LogP contribution in [-0.4, -0.2) is 23.7 Å². The normalized spacial score (nSPS) is 10.7. The van der Waals surface area contributed by atoms with Crippen molar-refractivity contribution in [3.05, 3.63) is 34.7 Å². The Morgan fingerprint density at radius 3 is 2.56 bits per heavy atom. The number of aromatic nitrogens is 2. The van der Waals surface area contributed by atoms with Gasteiger partial charge in [0.1, 0.15) is 21.9 Å². The molecule has 2 rings (SSSR count). The molecular weight excluding hydrogens is 294 g/mol. The van der Waals surface area contributed by atoms with Crippen LogP contribution in [-0.2, 0) is 13.6 Å². The van der Waals surface area contributed by atoms with Crippen LogP contribution in [0.1, 0.15) is 5.82 Å². The van der Waals surface area contributed by atoms with Crippen molar-refractivity contribution in [2.75, 3.05) is 14.2 Å². The van der Waals surface area contributed by atoms with Gasteiger partial charge in [0, 0.05) is 12.6 Å². The fourth-order valence-corrected chi connectivity index (χ4v) is 2.29. The summed E-state index contributed by atoms with van der Waals surface area (Å²) < 4.78 is 8.18. The summed E-state index contributed by atoms with van der Waals surface area (Å²) in [7, 11) is 5.57. The largest absolute Gasteiger partial charge is 0.497 e. The number of ether oxygens (including phenoxy) is 1. The van der Waals surface area contributed by atoms with E-state index in [1.807, 2.05) is 42.9 Å². The second kappa shape index (κ2) is 5.54. The van der Waals surface area contributed by atoms with Crippen molar-refractivity contribution < 1.29 is 4.74 Å². The zero-order chi connectivity index (χ0) is 13.1. The Hall–Kier alpha value is -1.33. The molecule has 0 aliphatic heterocycles. The van der Waals surface area contributed by atoms with Crippen molar-refractivity contribution in [2.24, 2.45) is 7.05 Å². The van der Waals surface area contributed by atoms with E-state index in [2.05, 4.69) is 26.2 Å². The Labute approximate surface area is 115 Å². The Bertz CT molecular complexity index is 534. The highest BCUT2D eigenvalue weighted by atomic mass is 79.9. The highest BCUT2D eigenvalue weighted by Gasteiger charge is 2.13. The maximum absolute atomic E-state index is 5.16. The lowest BCUT2D eigenvalue weighted by molar-refractivity contribution is 0.415. The predicted molar refractivity (Wildman–Crippen MR) is 75.7 cm³/mol. The van der Waals surface area contributed by atoms with Gasteiger partial charge in [-0.25, -0.2) is 4.98 Å². The van der Waals surface area contributed by atoms with E-state index in [0.29, 0.717) is 0 Å². The van der Waals surface area contributed by atoms with E-state index < -0.39 is 0 Å². The number of halogens is 1. The van der Waals surface area contributed by atoms with Gasteiger partial charge in [0.2, 0.25) is 0 Å². The van der Waals surface area contributed by atoms with Gasteiger partial charge < -0.3 is 14.6 Å². The highest BCUT2D eigenvalue weighted by molar-refractivity contribution is 9.10. The number of imidazole rings is 1. The summed E-state index contributed by atoms with van der Waals surface area (Å²) in [6.07, 6.45) is 0. The van der Waals surface area contributed by atoms with Crippen LogP contribution in [0, 0.1) is 0 Å². The lowest BCUT2D eigenvalue weighted by Crippen LogP contribution is -2.10. The van der Waals surface area contributed by atoms with Gasteiger partial charge in [-0.05, 0) is 47.2 Å². The summed E-state index contributed by atoms with van der Waals surface area (Å²) in [6, 6.07) is 7.90. The molecule has 1 aromatic carbocycles. The van der Waals surface area contributed by atoms with Crippen molar-refractivity contribution in [2.45, 2.75) is 6.54 Å². The number of hydrogen-bond acceptors (Lipinski definition) is 3. The van der Waals surface area contributed by atoms with E-state index in [1.165, 1.54) is 0 Å². The third-order valence-electron chi connectivity index (χ3n) is 2.82. The average molecular weight is 310 g/mol. The molecule has 18 heavy (non-hydrogen) atoms. The Morgan fingerprint density at radius 1 is 1.33 bits per heavy atom. The van der Waals surface area contributed by atoms with Gasteiger partial charge in [0.15, 0.2) is 0 Å². The van der Waals surface area contributed by atoms with Crippen molar-refractivity contribution in [1.29, 1.82) is 0 Å². The van der Waals surface area contributed by atoms with Crippen LogP contribution in [0.4, 0.5) is 0 Å². The topological polar surface area (TPSA) is 39.1 Å². The number of hydrogen-bond donors (Lipinski definition) is 1. The van der Waals surface area contributed by atoms with Crippen molar-refractivity contribution >= 4 is 15.9 Å². The minimum Gasteiger partial charge on any atom is -0.497 e. The van der Waals surface area contributed by atoms with Crippen LogP contribution < -0.4 is 10.1 Å². The van der Waals surface area contributed by atoms with E-state index in [4.69, 9.17) is 4.74 Å². The lowest BCUT2D eigenvalue weighted by Gasteiger charge is -2.02. The Kier molecular flexibility index (Phi) is 4.04. The average Bonchev–Trinajstić information content (AvgIpc) is 2.68. The summed E-state index contributed by atoms with van der Waals surface area (Å²) in [5.74, 6) is 1.84. The van der Waals surface area contributed by atoms with Gasteiger partial charge in [-0.3, -0.25) is 0 Å². The molecule has 1 aromatic heterocycles. The molecule has 1 N–H and O–H groups in total. The SMILES string of the molecule is CNCc1nc(-c2ccc(OC)cc2)c(Br)n1C. The molecule has 5 heteroatoms. The van der Waals surface area contributed by atoms with Crippen LogP contribution in [0.15, 0.2) is 28.9 Å². The minimum atomic E-state index is 0.741. The van der Waals surface area contributed by atoms with Gasteiger partial charge in [-0.15, -0.1) is 0 Å². The zero-order valence-electron chi connectivity index (χ0n) is 10.7. The quantitative estimate of drug-likeness (QED) is 0.943. The summed E-state index contributed by atoms with van der Waals surface area (Å²) in [5.41, 5.74) is 2.02. The molecule has 0 aliphatic rings. The second-order valence-electron chi connectivity index (χ2n) is 3.99. The molecule has 0 saturated carbocycles. The minimum absolute atomic E-state index is 0.741. The van der Waals surface area contributed by atoms with E-state index in [9.17, 15) is 0 Å². The second-order valence-corrected chi connectivity index (χ2v) is 4.74. The summed E-state index contributed by atoms with van der Waals surface area (Å²) in [5, 5.41) is 3.11. The van der Waals surface area contributed by atoms with Crippen LogP contribution in [0.3, 0.4) is 0 Å². The van der Waals surface area contributed by atoms with Gasteiger partial charge >= 0.3 is 0 Å². The Balaban J connectivity index is 2.40. The fourth-order valence-electron chi connectivity index (χ4n) is 1.77. The smallest absolute Gasteiger partial charge is 0.124 e.